The van der Waals surface area contributed by atoms with Crippen LogP contribution in [0.1, 0.15) is 32.4 Å². The van der Waals surface area contributed by atoms with Crippen LogP contribution < -0.4 is 25.0 Å². The van der Waals surface area contributed by atoms with Gasteiger partial charge in [-0.05, 0) is 30.2 Å². The fourth-order valence-electron chi connectivity index (χ4n) is 3.86. The maximum atomic E-state index is 13.0. The van der Waals surface area contributed by atoms with Gasteiger partial charge in [-0.25, -0.2) is 0 Å². The number of amides is 3. The number of hydrogen-bond acceptors (Lipinski definition) is 6. The first kappa shape index (κ1) is 21.7. The molecule has 32 heavy (non-hydrogen) atoms. The van der Waals surface area contributed by atoms with E-state index in [2.05, 4.69) is 10.6 Å². The lowest BCUT2D eigenvalue weighted by atomic mass is 9.97. The Kier molecular flexibility index (Phi) is 6.34. The molecule has 2 aliphatic rings. The lowest BCUT2D eigenvalue weighted by Crippen LogP contribution is -2.51. The number of fused-ring (bicyclic) bond motifs is 1. The van der Waals surface area contributed by atoms with Gasteiger partial charge in [0.1, 0.15) is 11.8 Å². The second kappa shape index (κ2) is 9.33. The number of nitrogens with one attached hydrogen (secondary N) is 2. The van der Waals surface area contributed by atoms with Gasteiger partial charge in [0.15, 0.2) is 11.5 Å². The summed E-state index contributed by atoms with van der Waals surface area (Å²) < 4.78 is 15.9. The van der Waals surface area contributed by atoms with Crippen molar-refractivity contribution in [2.75, 3.05) is 18.2 Å². The van der Waals surface area contributed by atoms with Gasteiger partial charge in [0.2, 0.25) is 24.5 Å². The number of carbonyl (C=O) groups is 3. The van der Waals surface area contributed by atoms with Crippen molar-refractivity contribution < 1.29 is 28.3 Å². The lowest BCUT2D eigenvalue weighted by molar-refractivity contribution is -0.132. The summed E-state index contributed by atoms with van der Waals surface area (Å²) in [6, 6.07) is 8.09. The predicted octanol–water partition coefficient (Wildman–Crippen LogP) is 2.21. The van der Waals surface area contributed by atoms with Gasteiger partial charge in [0, 0.05) is 24.7 Å². The minimum absolute atomic E-state index is 0.0716. The summed E-state index contributed by atoms with van der Waals surface area (Å²) in [6.07, 6.45) is 2.34. The van der Waals surface area contributed by atoms with Gasteiger partial charge in [0.25, 0.3) is 0 Å². The standard InChI is InChI=1S/C23H27N3O6/c1-3-14(2)21(23(29)24-11-17-5-4-8-30-17)25-22(28)15-9-20(27)26(12-15)16-6-7-18-19(10-16)32-13-31-18/h4-8,10,14-15,21H,3,9,11-13H2,1-2H3,(H,24,29)(H,25,28)/t14?,15?,21-/m0/s1. The summed E-state index contributed by atoms with van der Waals surface area (Å²) in [5.74, 6) is 0.496. The van der Waals surface area contributed by atoms with E-state index in [1.807, 2.05) is 13.8 Å². The van der Waals surface area contributed by atoms with Crippen molar-refractivity contribution in [3.63, 3.8) is 0 Å². The van der Waals surface area contributed by atoms with E-state index in [0.29, 0.717) is 29.4 Å². The third-order valence-corrected chi connectivity index (χ3v) is 5.97. The monoisotopic (exact) mass is 441 g/mol. The van der Waals surface area contributed by atoms with E-state index in [4.69, 9.17) is 13.9 Å². The molecule has 1 saturated heterocycles. The molecule has 170 valence electrons. The Morgan fingerprint density at radius 1 is 1.22 bits per heavy atom. The topological polar surface area (TPSA) is 110 Å². The van der Waals surface area contributed by atoms with E-state index < -0.39 is 12.0 Å². The van der Waals surface area contributed by atoms with Crippen LogP contribution in [0, 0.1) is 11.8 Å². The minimum atomic E-state index is -0.697. The summed E-state index contributed by atoms with van der Waals surface area (Å²) in [4.78, 5) is 40.0. The molecular weight excluding hydrogens is 414 g/mol. The maximum Gasteiger partial charge on any atom is 0.243 e. The van der Waals surface area contributed by atoms with Crippen LogP contribution in [0.3, 0.4) is 0 Å². The summed E-state index contributed by atoms with van der Waals surface area (Å²) in [6.45, 7) is 4.51. The van der Waals surface area contributed by atoms with Gasteiger partial charge in [-0.15, -0.1) is 0 Å². The highest BCUT2D eigenvalue weighted by molar-refractivity contribution is 6.01. The number of rotatable bonds is 8. The highest BCUT2D eigenvalue weighted by atomic mass is 16.7. The van der Waals surface area contributed by atoms with E-state index in [0.717, 1.165) is 0 Å². The van der Waals surface area contributed by atoms with Crippen LogP contribution in [-0.2, 0) is 20.9 Å². The minimum Gasteiger partial charge on any atom is -0.467 e. The second-order valence-electron chi connectivity index (χ2n) is 8.11. The molecule has 1 aromatic carbocycles. The smallest absolute Gasteiger partial charge is 0.243 e. The largest absolute Gasteiger partial charge is 0.467 e. The van der Waals surface area contributed by atoms with Crippen LogP contribution in [-0.4, -0.2) is 37.1 Å². The number of ether oxygens (including phenoxy) is 2. The summed E-state index contributed by atoms with van der Waals surface area (Å²) in [5, 5.41) is 5.68. The van der Waals surface area contributed by atoms with Crippen LogP contribution >= 0.6 is 0 Å². The molecule has 3 amide bonds. The van der Waals surface area contributed by atoms with Crippen molar-refractivity contribution in [2.45, 2.75) is 39.3 Å². The molecule has 2 N–H and O–H groups in total. The highest BCUT2D eigenvalue weighted by Crippen LogP contribution is 2.37. The van der Waals surface area contributed by atoms with Gasteiger partial charge in [0.05, 0.1) is 18.7 Å². The van der Waals surface area contributed by atoms with Crippen molar-refractivity contribution in [3.8, 4) is 11.5 Å². The molecule has 2 aromatic rings. The molecular formula is C23H27N3O6. The first-order valence-electron chi connectivity index (χ1n) is 10.8. The zero-order chi connectivity index (χ0) is 22.7. The molecule has 2 unspecified atom stereocenters. The van der Waals surface area contributed by atoms with E-state index in [-0.39, 0.29) is 49.9 Å². The quantitative estimate of drug-likeness (QED) is 0.650. The zero-order valence-corrected chi connectivity index (χ0v) is 18.1. The highest BCUT2D eigenvalue weighted by Gasteiger charge is 2.37. The first-order chi connectivity index (χ1) is 15.5. The molecule has 1 aromatic heterocycles. The Bertz CT molecular complexity index is 990. The number of hydrogen-bond donors (Lipinski definition) is 2. The van der Waals surface area contributed by atoms with E-state index >= 15 is 0 Å². The fourth-order valence-corrected chi connectivity index (χ4v) is 3.86. The van der Waals surface area contributed by atoms with E-state index in [1.165, 1.54) is 0 Å². The molecule has 9 heteroatoms. The van der Waals surface area contributed by atoms with Gasteiger partial charge >= 0.3 is 0 Å². The molecule has 0 saturated carbocycles. The average Bonchev–Trinajstić information content (AvgIpc) is 3.55. The van der Waals surface area contributed by atoms with Crippen LogP contribution in [0.15, 0.2) is 41.0 Å². The number of benzene rings is 1. The summed E-state index contributed by atoms with van der Waals surface area (Å²) in [7, 11) is 0. The zero-order valence-electron chi connectivity index (χ0n) is 18.1. The Balaban J connectivity index is 1.39. The molecule has 2 aliphatic heterocycles. The molecule has 1 fully saturated rings. The van der Waals surface area contributed by atoms with Gasteiger partial charge in [-0.2, -0.15) is 0 Å². The number of nitrogens with zero attached hydrogens (tertiary/aromatic N) is 1. The van der Waals surface area contributed by atoms with E-state index in [1.54, 1.807) is 41.5 Å². The lowest BCUT2D eigenvalue weighted by Gasteiger charge is -2.25. The third kappa shape index (κ3) is 4.56. The molecule has 0 aliphatic carbocycles. The molecule has 3 heterocycles. The Labute approximate surface area is 186 Å². The summed E-state index contributed by atoms with van der Waals surface area (Å²) >= 11 is 0. The first-order valence-corrected chi connectivity index (χ1v) is 10.8. The predicted molar refractivity (Wildman–Crippen MR) is 115 cm³/mol. The number of carbonyl (C=O) groups excluding carboxylic acids is 3. The van der Waals surface area contributed by atoms with Crippen molar-refractivity contribution >= 4 is 23.4 Å². The fraction of sp³-hybridized carbons (Fsp3) is 0.435. The van der Waals surface area contributed by atoms with Crippen molar-refractivity contribution in [3.05, 3.63) is 42.4 Å². The molecule has 4 rings (SSSR count). The average molecular weight is 441 g/mol. The van der Waals surface area contributed by atoms with Crippen LogP contribution in [0.2, 0.25) is 0 Å². The maximum absolute atomic E-state index is 13.0. The van der Waals surface area contributed by atoms with Crippen molar-refractivity contribution in [1.82, 2.24) is 10.6 Å². The van der Waals surface area contributed by atoms with Crippen LogP contribution in [0.4, 0.5) is 5.69 Å². The Morgan fingerprint density at radius 2 is 2.03 bits per heavy atom. The second-order valence-corrected chi connectivity index (χ2v) is 8.11. The van der Waals surface area contributed by atoms with E-state index in [9.17, 15) is 14.4 Å². The van der Waals surface area contributed by atoms with Gasteiger partial charge < -0.3 is 29.4 Å². The van der Waals surface area contributed by atoms with Crippen LogP contribution in [0.25, 0.3) is 0 Å². The Hall–Kier alpha value is -3.49. The van der Waals surface area contributed by atoms with Gasteiger partial charge in [-0.1, -0.05) is 20.3 Å². The SMILES string of the molecule is CCC(C)[C@H](NC(=O)C1CC(=O)N(c2ccc3c(c2)OCO3)C1)C(=O)NCc1ccco1. The molecule has 9 nitrogen and oxygen atoms in total. The molecule has 0 radical (unpaired) electrons. The number of furan rings is 1. The van der Waals surface area contributed by atoms with Crippen molar-refractivity contribution in [1.29, 1.82) is 0 Å². The Morgan fingerprint density at radius 3 is 2.78 bits per heavy atom. The van der Waals surface area contributed by atoms with Crippen molar-refractivity contribution in [2.24, 2.45) is 11.8 Å². The summed E-state index contributed by atoms with van der Waals surface area (Å²) in [5.41, 5.74) is 0.657. The number of anilines is 1. The van der Waals surface area contributed by atoms with Gasteiger partial charge in [-0.3, -0.25) is 14.4 Å². The normalized spacial score (nSPS) is 19.0. The molecule has 0 spiro atoms. The molecule has 3 atom stereocenters. The van der Waals surface area contributed by atoms with Crippen LogP contribution in [0.5, 0.6) is 11.5 Å². The molecule has 0 bridgehead atoms. The third-order valence-electron chi connectivity index (χ3n) is 5.97.